The minimum absolute atomic E-state index is 0.00461. The number of unbranched alkanes of at least 4 members (excludes halogenated alkanes) is 4. The topological polar surface area (TPSA) is 99.4 Å². The highest BCUT2D eigenvalue weighted by Gasteiger charge is 2.23. The van der Waals surface area contributed by atoms with Crippen molar-refractivity contribution in [3.63, 3.8) is 0 Å². The first kappa shape index (κ1) is 34.4. The Kier molecular flexibility index (Phi) is 14.3. The van der Waals surface area contributed by atoms with E-state index in [2.05, 4.69) is 25.9 Å². The maximum atomic E-state index is 13.6. The molecule has 2 heterocycles. The standard InChI is InChI=1S/C33H49N5O4S/c1-7-12-13-14-15-18-29(39)38(24-19-21-25(22-20-24)43-27(17-9-3)33(40)41-11-5)23-42-32-31-30(34-28(10-4)35-32)26(16-8-2)36-37(31)6/h19-22,27H,7-18,23H2,1-6H3. The molecule has 236 valence electrons. The first-order chi connectivity index (χ1) is 20.9. The van der Waals surface area contributed by atoms with Crippen molar-refractivity contribution < 1.29 is 19.1 Å². The molecule has 43 heavy (non-hydrogen) atoms. The highest BCUT2D eigenvalue weighted by atomic mass is 32.2. The summed E-state index contributed by atoms with van der Waals surface area (Å²) in [6.07, 6.45) is 9.84. The van der Waals surface area contributed by atoms with Gasteiger partial charge in [0.05, 0.1) is 12.3 Å². The third-order valence-electron chi connectivity index (χ3n) is 7.22. The Bertz CT molecular complexity index is 1310. The fourth-order valence-electron chi connectivity index (χ4n) is 4.94. The molecule has 0 bridgehead atoms. The maximum Gasteiger partial charge on any atom is 0.319 e. The van der Waals surface area contributed by atoms with Gasteiger partial charge in [-0.2, -0.15) is 10.1 Å². The number of anilines is 1. The van der Waals surface area contributed by atoms with Crippen molar-refractivity contribution in [2.45, 2.75) is 115 Å². The molecule has 0 N–H and O–H groups in total. The SMILES string of the molecule is CCCCCCCC(=O)N(COc1nc(CC)nc2c(CCC)nn(C)c12)c1ccc(SC(CCC)C(=O)OCC)cc1. The Morgan fingerprint density at radius 1 is 0.953 bits per heavy atom. The van der Waals surface area contributed by atoms with E-state index in [9.17, 15) is 9.59 Å². The Morgan fingerprint density at radius 2 is 1.70 bits per heavy atom. The molecule has 1 unspecified atom stereocenters. The molecule has 0 spiro atoms. The van der Waals surface area contributed by atoms with E-state index in [0.717, 1.165) is 78.7 Å². The second kappa shape index (κ2) is 17.9. The highest BCUT2D eigenvalue weighted by Crippen LogP contribution is 2.30. The predicted octanol–water partition coefficient (Wildman–Crippen LogP) is 7.43. The first-order valence-corrected chi connectivity index (χ1v) is 16.8. The number of thioether (sulfide) groups is 1. The Morgan fingerprint density at radius 3 is 2.35 bits per heavy atom. The molecular weight excluding hydrogens is 562 g/mol. The fraction of sp³-hybridized carbons (Fsp3) is 0.606. The number of rotatable bonds is 19. The van der Waals surface area contributed by atoms with Gasteiger partial charge < -0.3 is 9.47 Å². The lowest BCUT2D eigenvalue weighted by Gasteiger charge is -2.24. The average Bonchev–Trinajstić information content (AvgIpc) is 3.32. The number of carbonyl (C=O) groups is 2. The van der Waals surface area contributed by atoms with Crippen molar-refractivity contribution in [2.24, 2.45) is 7.05 Å². The molecule has 9 nitrogen and oxygen atoms in total. The molecule has 1 amide bonds. The molecule has 0 aliphatic carbocycles. The predicted molar refractivity (Wildman–Crippen MR) is 174 cm³/mol. The van der Waals surface area contributed by atoms with Crippen LogP contribution in [0.25, 0.3) is 11.0 Å². The van der Waals surface area contributed by atoms with Crippen LogP contribution in [0.2, 0.25) is 0 Å². The quantitative estimate of drug-likeness (QED) is 0.0597. The number of hydrogen-bond acceptors (Lipinski definition) is 8. The van der Waals surface area contributed by atoms with Crippen LogP contribution in [0.3, 0.4) is 0 Å². The highest BCUT2D eigenvalue weighted by molar-refractivity contribution is 8.00. The molecule has 0 fully saturated rings. The van der Waals surface area contributed by atoms with Crippen molar-refractivity contribution in [1.82, 2.24) is 19.7 Å². The van der Waals surface area contributed by atoms with E-state index in [0.29, 0.717) is 31.2 Å². The number of hydrogen-bond donors (Lipinski definition) is 0. The zero-order valence-electron chi connectivity index (χ0n) is 26.9. The summed E-state index contributed by atoms with van der Waals surface area (Å²) in [5.41, 5.74) is 3.22. The van der Waals surface area contributed by atoms with Gasteiger partial charge in [0.25, 0.3) is 0 Å². The molecular formula is C33H49N5O4S. The molecule has 0 aliphatic heterocycles. The average molecular weight is 612 g/mol. The second-order valence-electron chi connectivity index (χ2n) is 10.7. The number of fused-ring (bicyclic) bond motifs is 1. The van der Waals surface area contributed by atoms with Gasteiger partial charge in [0.2, 0.25) is 11.8 Å². The number of esters is 1. The molecule has 2 aromatic heterocycles. The molecule has 0 saturated carbocycles. The number of aromatic nitrogens is 4. The lowest BCUT2D eigenvalue weighted by molar-refractivity contribution is -0.142. The van der Waals surface area contributed by atoms with Crippen LogP contribution in [0.4, 0.5) is 5.69 Å². The molecule has 1 atom stereocenters. The van der Waals surface area contributed by atoms with E-state index in [1.54, 1.807) is 9.58 Å². The van der Waals surface area contributed by atoms with E-state index >= 15 is 0 Å². The summed E-state index contributed by atoms with van der Waals surface area (Å²) >= 11 is 1.50. The van der Waals surface area contributed by atoms with Gasteiger partial charge in [0, 0.05) is 30.5 Å². The first-order valence-electron chi connectivity index (χ1n) is 16.0. The summed E-state index contributed by atoms with van der Waals surface area (Å²) in [7, 11) is 1.88. The van der Waals surface area contributed by atoms with Gasteiger partial charge in [-0.1, -0.05) is 66.2 Å². The molecule has 1 aromatic carbocycles. The van der Waals surface area contributed by atoms with E-state index in [-0.39, 0.29) is 23.9 Å². The van der Waals surface area contributed by atoms with Gasteiger partial charge in [-0.3, -0.25) is 19.2 Å². The number of ether oxygens (including phenoxy) is 2. The molecule has 3 aromatic rings. The van der Waals surface area contributed by atoms with E-state index < -0.39 is 0 Å². The number of aryl methyl sites for hydroxylation is 3. The molecule has 3 rings (SSSR count). The zero-order valence-corrected chi connectivity index (χ0v) is 27.7. The normalized spacial score (nSPS) is 12.0. The lowest BCUT2D eigenvalue weighted by Crippen LogP contribution is -2.34. The molecule has 0 saturated heterocycles. The van der Waals surface area contributed by atoms with Gasteiger partial charge >= 0.3 is 5.97 Å². The summed E-state index contributed by atoms with van der Waals surface area (Å²) in [4.78, 5) is 38.1. The van der Waals surface area contributed by atoms with Crippen molar-refractivity contribution in [1.29, 1.82) is 0 Å². The van der Waals surface area contributed by atoms with Crippen molar-refractivity contribution in [3.8, 4) is 5.88 Å². The van der Waals surface area contributed by atoms with Crippen LogP contribution in [-0.2, 0) is 34.2 Å². The Hall–Kier alpha value is -3.14. The number of amides is 1. The zero-order chi connectivity index (χ0) is 31.2. The minimum Gasteiger partial charge on any atom is -0.465 e. The summed E-state index contributed by atoms with van der Waals surface area (Å²) < 4.78 is 13.4. The summed E-state index contributed by atoms with van der Waals surface area (Å²) in [6, 6.07) is 7.76. The largest absolute Gasteiger partial charge is 0.465 e. The van der Waals surface area contributed by atoms with Crippen LogP contribution in [0.15, 0.2) is 29.2 Å². The second-order valence-corrected chi connectivity index (χ2v) is 12.0. The maximum absolute atomic E-state index is 13.6. The van der Waals surface area contributed by atoms with Gasteiger partial charge in [0.1, 0.15) is 22.1 Å². The van der Waals surface area contributed by atoms with Gasteiger partial charge in [-0.25, -0.2) is 4.98 Å². The van der Waals surface area contributed by atoms with Crippen LogP contribution in [-0.4, -0.2) is 50.2 Å². The van der Waals surface area contributed by atoms with E-state index in [1.807, 2.05) is 45.2 Å². The molecule has 0 radical (unpaired) electrons. The summed E-state index contributed by atoms with van der Waals surface area (Å²) in [6.45, 7) is 10.6. The van der Waals surface area contributed by atoms with Crippen LogP contribution in [0, 0.1) is 0 Å². The third kappa shape index (κ3) is 9.68. The summed E-state index contributed by atoms with van der Waals surface area (Å²) in [5.74, 6) is 0.937. The van der Waals surface area contributed by atoms with Crippen LogP contribution < -0.4 is 9.64 Å². The fourth-order valence-corrected chi connectivity index (χ4v) is 6.08. The van der Waals surface area contributed by atoms with Crippen LogP contribution in [0.1, 0.15) is 104 Å². The third-order valence-corrected chi connectivity index (χ3v) is 8.48. The van der Waals surface area contributed by atoms with Crippen molar-refractivity contribution >= 4 is 40.4 Å². The Balaban J connectivity index is 1.86. The molecule has 10 heteroatoms. The lowest BCUT2D eigenvalue weighted by atomic mass is 10.1. The number of carbonyl (C=O) groups excluding carboxylic acids is 2. The molecule has 0 aliphatic rings. The van der Waals surface area contributed by atoms with Gasteiger partial charge in [-0.05, 0) is 50.5 Å². The van der Waals surface area contributed by atoms with Crippen molar-refractivity contribution in [2.75, 3.05) is 18.2 Å². The van der Waals surface area contributed by atoms with Crippen molar-refractivity contribution in [3.05, 3.63) is 35.8 Å². The number of nitrogens with zero attached hydrogens (tertiary/aromatic N) is 5. The van der Waals surface area contributed by atoms with Gasteiger partial charge in [-0.15, -0.1) is 11.8 Å². The summed E-state index contributed by atoms with van der Waals surface area (Å²) in [5, 5.41) is 4.43. The number of benzene rings is 1. The Labute approximate surface area is 261 Å². The minimum atomic E-state index is -0.260. The van der Waals surface area contributed by atoms with E-state index in [4.69, 9.17) is 19.4 Å². The van der Waals surface area contributed by atoms with Gasteiger partial charge in [0.15, 0.2) is 6.73 Å². The monoisotopic (exact) mass is 611 g/mol. The van der Waals surface area contributed by atoms with Crippen LogP contribution >= 0.6 is 11.8 Å². The van der Waals surface area contributed by atoms with Crippen LogP contribution in [0.5, 0.6) is 5.88 Å². The van der Waals surface area contributed by atoms with E-state index in [1.165, 1.54) is 18.2 Å². The smallest absolute Gasteiger partial charge is 0.319 e.